The SMILES string of the molecule is COc1cc(/C=N/CC2CCC(C(=O)O)CC2)cc(OC)c1OC. The van der Waals surface area contributed by atoms with Crippen LogP contribution in [0.5, 0.6) is 17.2 Å². The molecule has 0 unspecified atom stereocenters. The van der Waals surface area contributed by atoms with Gasteiger partial charge >= 0.3 is 5.97 Å². The minimum Gasteiger partial charge on any atom is -0.493 e. The molecule has 0 amide bonds. The van der Waals surface area contributed by atoms with E-state index in [1.54, 1.807) is 27.5 Å². The standard InChI is InChI=1S/C18H25NO5/c1-22-15-8-13(9-16(23-2)17(15)24-3)11-19-10-12-4-6-14(7-5-12)18(20)21/h8-9,11-12,14H,4-7,10H2,1-3H3,(H,20,21)/b19-11+. The molecule has 0 spiro atoms. The van der Waals surface area contributed by atoms with E-state index in [0.717, 1.165) is 31.2 Å². The highest BCUT2D eigenvalue weighted by atomic mass is 16.5. The van der Waals surface area contributed by atoms with Crippen molar-refractivity contribution >= 4 is 12.2 Å². The lowest BCUT2D eigenvalue weighted by Crippen LogP contribution is -2.22. The molecule has 1 N–H and O–H groups in total. The molecule has 0 atom stereocenters. The number of hydrogen-bond acceptors (Lipinski definition) is 5. The molecule has 1 aromatic carbocycles. The number of methoxy groups -OCH3 is 3. The first-order valence-corrected chi connectivity index (χ1v) is 8.11. The second-order valence-electron chi connectivity index (χ2n) is 6.01. The van der Waals surface area contributed by atoms with Gasteiger partial charge in [0, 0.05) is 12.8 Å². The predicted molar refractivity (Wildman–Crippen MR) is 91.6 cm³/mol. The van der Waals surface area contributed by atoms with Crippen molar-refractivity contribution < 1.29 is 24.1 Å². The summed E-state index contributed by atoms with van der Waals surface area (Å²) in [6, 6.07) is 3.71. The van der Waals surface area contributed by atoms with Gasteiger partial charge in [-0.3, -0.25) is 9.79 Å². The van der Waals surface area contributed by atoms with Crippen molar-refractivity contribution in [3.05, 3.63) is 17.7 Å². The van der Waals surface area contributed by atoms with E-state index in [9.17, 15) is 4.79 Å². The Labute approximate surface area is 142 Å². The summed E-state index contributed by atoms with van der Waals surface area (Å²) in [4.78, 5) is 15.5. The Hall–Kier alpha value is -2.24. The molecule has 0 heterocycles. The fraction of sp³-hybridized carbons (Fsp3) is 0.556. The number of hydrogen-bond donors (Lipinski definition) is 1. The average molecular weight is 335 g/mol. The summed E-state index contributed by atoms with van der Waals surface area (Å²) in [5.74, 6) is 1.36. The van der Waals surface area contributed by atoms with Gasteiger partial charge in [-0.25, -0.2) is 0 Å². The maximum atomic E-state index is 11.0. The molecule has 1 saturated carbocycles. The average Bonchev–Trinajstić information content (AvgIpc) is 2.61. The topological polar surface area (TPSA) is 77.4 Å². The van der Waals surface area contributed by atoms with Gasteiger partial charge in [0.25, 0.3) is 0 Å². The quantitative estimate of drug-likeness (QED) is 0.775. The van der Waals surface area contributed by atoms with Crippen molar-refractivity contribution in [2.75, 3.05) is 27.9 Å². The molecule has 1 fully saturated rings. The van der Waals surface area contributed by atoms with E-state index >= 15 is 0 Å². The first-order chi connectivity index (χ1) is 11.6. The maximum absolute atomic E-state index is 11.0. The van der Waals surface area contributed by atoms with Crippen LogP contribution < -0.4 is 14.2 Å². The molecule has 1 aromatic rings. The van der Waals surface area contributed by atoms with Crippen molar-refractivity contribution in [2.45, 2.75) is 25.7 Å². The van der Waals surface area contributed by atoms with Gasteiger partial charge in [0.2, 0.25) is 5.75 Å². The molecule has 6 nitrogen and oxygen atoms in total. The molecule has 1 aliphatic rings. The van der Waals surface area contributed by atoms with Crippen LogP contribution >= 0.6 is 0 Å². The van der Waals surface area contributed by atoms with Gasteiger partial charge in [-0.1, -0.05) is 0 Å². The fourth-order valence-corrected chi connectivity index (χ4v) is 3.08. The predicted octanol–water partition coefficient (Wildman–Crippen LogP) is 3.02. The molecular formula is C18H25NO5. The van der Waals surface area contributed by atoms with Crippen LogP contribution in [0.2, 0.25) is 0 Å². The number of carboxylic acid groups (broad SMARTS) is 1. The summed E-state index contributed by atoms with van der Waals surface area (Å²) < 4.78 is 16.0. The highest BCUT2D eigenvalue weighted by Gasteiger charge is 2.25. The Morgan fingerprint density at radius 2 is 1.71 bits per heavy atom. The van der Waals surface area contributed by atoms with E-state index < -0.39 is 5.97 Å². The van der Waals surface area contributed by atoms with E-state index in [2.05, 4.69) is 4.99 Å². The van der Waals surface area contributed by atoms with Crippen LogP contribution in [0.4, 0.5) is 0 Å². The van der Waals surface area contributed by atoms with Gasteiger partial charge in [-0.2, -0.15) is 0 Å². The molecular weight excluding hydrogens is 310 g/mol. The minimum absolute atomic E-state index is 0.180. The number of carboxylic acids is 1. The Morgan fingerprint density at radius 3 is 2.17 bits per heavy atom. The molecule has 132 valence electrons. The van der Waals surface area contributed by atoms with Crippen LogP contribution in [-0.4, -0.2) is 45.2 Å². The Kier molecular flexibility index (Phi) is 6.46. The third-order valence-electron chi connectivity index (χ3n) is 4.49. The lowest BCUT2D eigenvalue weighted by Gasteiger charge is -2.24. The summed E-state index contributed by atoms with van der Waals surface area (Å²) in [6.45, 7) is 0.711. The second-order valence-corrected chi connectivity index (χ2v) is 6.01. The summed E-state index contributed by atoms with van der Waals surface area (Å²) in [5.41, 5.74) is 0.878. The van der Waals surface area contributed by atoms with Gasteiger partial charge in [-0.15, -0.1) is 0 Å². The zero-order valence-electron chi connectivity index (χ0n) is 14.4. The molecule has 2 rings (SSSR count). The highest BCUT2D eigenvalue weighted by Crippen LogP contribution is 2.37. The van der Waals surface area contributed by atoms with Crippen molar-refractivity contribution in [3.63, 3.8) is 0 Å². The number of ether oxygens (including phenoxy) is 3. The fourth-order valence-electron chi connectivity index (χ4n) is 3.08. The van der Waals surface area contributed by atoms with Crippen LogP contribution in [-0.2, 0) is 4.79 Å². The molecule has 24 heavy (non-hydrogen) atoms. The van der Waals surface area contributed by atoms with Crippen LogP contribution in [0.15, 0.2) is 17.1 Å². The largest absolute Gasteiger partial charge is 0.493 e. The van der Waals surface area contributed by atoms with E-state index in [4.69, 9.17) is 19.3 Å². The van der Waals surface area contributed by atoms with E-state index in [-0.39, 0.29) is 5.92 Å². The first kappa shape index (κ1) is 18.1. The monoisotopic (exact) mass is 335 g/mol. The van der Waals surface area contributed by atoms with E-state index in [1.807, 2.05) is 12.1 Å². The smallest absolute Gasteiger partial charge is 0.306 e. The van der Waals surface area contributed by atoms with E-state index in [0.29, 0.717) is 29.7 Å². The Balaban J connectivity index is 1.98. The molecule has 0 aliphatic heterocycles. The van der Waals surface area contributed by atoms with E-state index in [1.165, 1.54) is 0 Å². The number of carbonyl (C=O) groups is 1. The molecule has 0 bridgehead atoms. The minimum atomic E-state index is -0.672. The van der Waals surface area contributed by atoms with Gasteiger partial charge in [0.05, 0.1) is 27.2 Å². The number of aliphatic carboxylic acids is 1. The zero-order valence-corrected chi connectivity index (χ0v) is 14.4. The van der Waals surface area contributed by atoms with Crippen molar-refractivity contribution in [3.8, 4) is 17.2 Å². The van der Waals surface area contributed by atoms with Gasteiger partial charge in [-0.05, 0) is 49.3 Å². The number of aliphatic imine (C=N–C) groups is 1. The van der Waals surface area contributed by atoms with Crippen molar-refractivity contribution in [1.29, 1.82) is 0 Å². The summed E-state index contributed by atoms with van der Waals surface area (Å²) >= 11 is 0. The molecule has 1 aliphatic carbocycles. The van der Waals surface area contributed by atoms with Crippen molar-refractivity contribution in [1.82, 2.24) is 0 Å². The molecule has 0 saturated heterocycles. The maximum Gasteiger partial charge on any atom is 0.306 e. The summed E-state index contributed by atoms with van der Waals surface area (Å²) in [5, 5.41) is 9.03. The number of nitrogens with zero attached hydrogens (tertiary/aromatic N) is 1. The Bertz CT molecular complexity index is 566. The molecule has 0 aromatic heterocycles. The zero-order chi connectivity index (χ0) is 17.5. The third kappa shape index (κ3) is 4.40. The first-order valence-electron chi connectivity index (χ1n) is 8.11. The highest BCUT2D eigenvalue weighted by molar-refractivity contribution is 5.82. The summed E-state index contributed by atoms with van der Waals surface area (Å²) in [6.07, 6.45) is 5.14. The second kappa shape index (κ2) is 8.57. The van der Waals surface area contributed by atoms with Gasteiger partial charge in [0.15, 0.2) is 11.5 Å². The van der Waals surface area contributed by atoms with Crippen LogP contribution in [0.3, 0.4) is 0 Å². The lowest BCUT2D eigenvalue weighted by atomic mass is 9.82. The molecule has 6 heteroatoms. The number of rotatable bonds is 7. The third-order valence-corrected chi connectivity index (χ3v) is 4.49. The van der Waals surface area contributed by atoms with Gasteiger partial charge in [0.1, 0.15) is 0 Å². The van der Waals surface area contributed by atoms with Crippen molar-refractivity contribution in [2.24, 2.45) is 16.8 Å². The van der Waals surface area contributed by atoms with Crippen LogP contribution in [0, 0.1) is 11.8 Å². The number of benzene rings is 1. The lowest BCUT2D eigenvalue weighted by molar-refractivity contribution is -0.143. The Morgan fingerprint density at radius 1 is 1.12 bits per heavy atom. The molecule has 0 radical (unpaired) electrons. The normalized spacial score (nSPS) is 20.8. The van der Waals surface area contributed by atoms with Crippen LogP contribution in [0.25, 0.3) is 0 Å². The summed E-state index contributed by atoms with van der Waals surface area (Å²) in [7, 11) is 4.74. The van der Waals surface area contributed by atoms with Crippen LogP contribution in [0.1, 0.15) is 31.2 Å². The van der Waals surface area contributed by atoms with Gasteiger partial charge < -0.3 is 19.3 Å².